The van der Waals surface area contributed by atoms with Crippen LogP contribution < -0.4 is 5.32 Å². The molecule has 3 rings (SSSR count). The van der Waals surface area contributed by atoms with Gasteiger partial charge >= 0.3 is 0 Å². The van der Waals surface area contributed by atoms with Gasteiger partial charge in [0.05, 0.1) is 13.2 Å². The smallest absolute Gasteiger partial charge is 0.147 e. The number of nitrogens with zero attached hydrogens (tertiary/aromatic N) is 3. The van der Waals surface area contributed by atoms with Crippen LogP contribution >= 0.6 is 0 Å². The van der Waals surface area contributed by atoms with Crippen LogP contribution in [0.2, 0.25) is 0 Å². The molecule has 1 aromatic heterocycles. The average molecular weight is 306 g/mol. The van der Waals surface area contributed by atoms with Crippen molar-refractivity contribution in [3.8, 4) is 0 Å². The molecule has 0 amide bonds. The number of aromatic nitrogens is 3. The minimum atomic E-state index is -0.185. The molecular formula is C17H30N4O. The Hall–Kier alpha value is -0.940. The van der Waals surface area contributed by atoms with Crippen molar-refractivity contribution in [2.75, 3.05) is 6.61 Å². The van der Waals surface area contributed by atoms with Crippen molar-refractivity contribution in [1.82, 2.24) is 20.1 Å². The lowest BCUT2D eigenvalue weighted by Gasteiger charge is -2.47. The van der Waals surface area contributed by atoms with Gasteiger partial charge in [-0.3, -0.25) is 0 Å². The lowest BCUT2D eigenvalue weighted by atomic mass is 9.64. The fourth-order valence-corrected chi connectivity index (χ4v) is 4.66. The second-order valence-electron chi connectivity index (χ2n) is 8.41. The molecule has 2 N–H and O–H groups in total. The normalized spacial score (nSPS) is 31.4. The molecular weight excluding hydrogens is 276 g/mol. The van der Waals surface area contributed by atoms with Crippen LogP contribution in [0.4, 0.5) is 0 Å². The van der Waals surface area contributed by atoms with E-state index < -0.39 is 0 Å². The number of hydrogen-bond donors (Lipinski definition) is 2. The summed E-state index contributed by atoms with van der Waals surface area (Å²) in [5.41, 5.74) is 0.0862. The highest BCUT2D eigenvalue weighted by atomic mass is 16.3. The van der Waals surface area contributed by atoms with Gasteiger partial charge < -0.3 is 15.0 Å². The molecule has 2 unspecified atom stereocenters. The second kappa shape index (κ2) is 5.60. The molecule has 2 aliphatic carbocycles. The molecule has 2 aliphatic rings. The van der Waals surface area contributed by atoms with Crippen molar-refractivity contribution in [2.45, 2.75) is 77.9 Å². The third kappa shape index (κ3) is 3.20. The minimum Gasteiger partial charge on any atom is -0.394 e. The summed E-state index contributed by atoms with van der Waals surface area (Å²) < 4.78 is 2.27. The molecule has 5 nitrogen and oxygen atoms in total. The summed E-state index contributed by atoms with van der Waals surface area (Å²) in [5, 5.41) is 22.3. The van der Waals surface area contributed by atoms with Gasteiger partial charge in [-0.05, 0) is 50.4 Å². The molecule has 2 saturated carbocycles. The van der Waals surface area contributed by atoms with Crippen molar-refractivity contribution in [3.63, 3.8) is 0 Å². The number of aliphatic hydroxyl groups excluding tert-OH is 1. The maximum atomic E-state index is 10.1. The van der Waals surface area contributed by atoms with E-state index in [0.717, 1.165) is 24.5 Å². The Morgan fingerprint density at radius 3 is 2.59 bits per heavy atom. The van der Waals surface area contributed by atoms with Crippen molar-refractivity contribution in [2.24, 2.45) is 11.3 Å². The molecule has 2 fully saturated rings. The van der Waals surface area contributed by atoms with Crippen LogP contribution in [0.25, 0.3) is 0 Å². The zero-order valence-corrected chi connectivity index (χ0v) is 14.4. The third-order valence-electron chi connectivity index (χ3n) is 5.23. The molecule has 0 spiro atoms. The Morgan fingerprint density at radius 1 is 1.27 bits per heavy atom. The van der Waals surface area contributed by atoms with Crippen LogP contribution in [-0.2, 0) is 6.54 Å². The van der Waals surface area contributed by atoms with Gasteiger partial charge in [-0.1, -0.05) is 20.8 Å². The Kier molecular flexibility index (Phi) is 4.06. The van der Waals surface area contributed by atoms with Gasteiger partial charge in [0, 0.05) is 11.6 Å². The van der Waals surface area contributed by atoms with E-state index >= 15 is 0 Å². The van der Waals surface area contributed by atoms with E-state index in [-0.39, 0.29) is 17.6 Å². The number of hydrogen-bond acceptors (Lipinski definition) is 4. The van der Waals surface area contributed by atoms with Crippen molar-refractivity contribution in [3.05, 3.63) is 11.6 Å². The zero-order chi connectivity index (χ0) is 16.0. The summed E-state index contributed by atoms with van der Waals surface area (Å²) >= 11 is 0. The standard InChI is InChI=1S/C17H30N4O/c1-12-7-16(3,4)10-17(8-12,11-22)18-9-15-20-19-13(2)21(15)14-5-6-14/h12,14,18,22H,5-11H2,1-4H3. The van der Waals surface area contributed by atoms with Crippen LogP contribution in [0.3, 0.4) is 0 Å². The van der Waals surface area contributed by atoms with E-state index in [2.05, 4.69) is 40.9 Å². The average Bonchev–Trinajstić information content (AvgIpc) is 3.18. The summed E-state index contributed by atoms with van der Waals surface area (Å²) in [5.74, 6) is 2.66. The topological polar surface area (TPSA) is 63.0 Å². The summed E-state index contributed by atoms with van der Waals surface area (Å²) in [6.45, 7) is 9.83. The summed E-state index contributed by atoms with van der Waals surface area (Å²) in [6.07, 6.45) is 5.75. The van der Waals surface area contributed by atoms with Gasteiger partial charge in [0.1, 0.15) is 11.6 Å². The van der Waals surface area contributed by atoms with E-state index in [0.29, 0.717) is 18.5 Å². The first kappa shape index (κ1) is 15.9. The molecule has 1 heterocycles. The lowest BCUT2D eigenvalue weighted by molar-refractivity contribution is 0.0346. The monoisotopic (exact) mass is 306 g/mol. The van der Waals surface area contributed by atoms with Gasteiger partial charge in [0.15, 0.2) is 0 Å². The van der Waals surface area contributed by atoms with Crippen LogP contribution in [0, 0.1) is 18.3 Å². The van der Waals surface area contributed by atoms with Gasteiger partial charge in [-0.2, -0.15) is 0 Å². The van der Waals surface area contributed by atoms with Crippen LogP contribution in [0.15, 0.2) is 0 Å². The quantitative estimate of drug-likeness (QED) is 0.877. The maximum Gasteiger partial charge on any atom is 0.147 e. The van der Waals surface area contributed by atoms with E-state index in [4.69, 9.17) is 0 Å². The van der Waals surface area contributed by atoms with E-state index in [9.17, 15) is 5.11 Å². The van der Waals surface area contributed by atoms with Gasteiger partial charge in [0.2, 0.25) is 0 Å². The molecule has 0 bridgehead atoms. The third-order valence-corrected chi connectivity index (χ3v) is 5.23. The molecule has 0 aromatic carbocycles. The largest absolute Gasteiger partial charge is 0.394 e. The molecule has 22 heavy (non-hydrogen) atoms. The van der Waals surface area contributed by atoms with Crippen LogP contribution in [0.1, 0.15) is 70.6 Å². The second-order valence-corrected chi connectivity index (χ2v) is 8.41. The predicted octanol–water partition coefficient (Wildman–Crippen LogP) is 2.59. The number of aliphatic hydroxyl groups is 1. The molecule has 0 aliphatic heterocycles. The van der Waals surface area contributed by atoms with Crippen LogP contribution in [-0.4, -0.2) is 32.0 Å². The fraction of sp³-hybridized carbons (Fsp3) is 0.882. The molecule has 124 valence electrons. The first-order valence-electron chi connectivity index (χ1n) is 8.60. The number of aryl methyl sites for hydroxylation is 1. The van der Waals surface area contributed by atoms with E-state index in [1.807, 2.05) is 6.92 Å². The van der Waals surface area contributed by atoms with Gasteiger partial charge in [0.25, 0.3) is 0 Å². The van der Waals surface area contributed by atoms with Crippen LogP contribution in [0.5, 0.6) is 0 Å². The fourth-order valence-electron chi connectivity index (χ4n) is 4.66. The SMILES string of the molecule is Cc1nnc(CNC2(CO)CC(C)CC(C)(C)C2)n1C1CC1. The molecule has 5 heteroatoms. The highest BCUT2D eigenvalue weighted by Crippen LogP contribution is 2.44. The Balaban J connectivity index is 1.73. The van der Waals surface area contributed by atoms with Crippen molar-refractivity contribution in [1.29, 1.82) is 0 Å². The van der Waals surface area contributed by atoms with Crippen molar-refractivity contribution >= 4 is 0 Å². The van der Waals surface area contributed by atoms with Crippen molar-refractivity contribution < 1.29 is 5.11 Å². The summed E-state index contributed by atoms with van der Waals surface area (Å²) in [4.78, 5) is 0. The Bertz CT molecular complexity index is 535. The van der Waals surface area contributed by atoms with E-state index in [1.165, 1.54) is 19.3 Å². The predicted molar refractivity (Wildman–Crippen MR) is 86.5 cm³/mol. The first-order chi connectivity index (χ1) is 10.3. The van der Waals surface area contributed by atoms with Gasteiger partial charge in [-0.25, -0.2) is 0 Å². The van der Waals surface area contributed by atoms with E-state index in [1.54, 1.807) is 0 Å². The van der Waals surface area contributed by atoms with Gasteiger partial charge in [-0.15, -0.1) is 10.2 Å². The first-order valence-corrected chi connectivity index (χ1v) is 8.60. The minimum absolute atomic E-state index is 0.185. The highest BCUT2D eigenvalue weighted by Gasteiger charge is 2.42. The summed E-state index contributed by atoms with van der Waals surface area (Å²) in [7, 11) is 0. The molecule has 1 aromatic rings. The zero-order valence-electron chi connectivity index (χ0n) is 14.4. The Morgan fingerprint density at radius 2 is 2.00 bits per heavy atom. The molecule has 2 atom stereocenters. The number of rotatable bonds is 5. The summed E-state index contributed by atoms with van der Waals surface area (Å²) in [6, 6.07) is 0.596. The molecule has 0 saturated heterocycles. The highest BCUT2D eigenvalue weighted by molar-refractivity contribution is 5.04. The lowest BCUT2D eigenvalue weighted by Crippen LogP contribution is -2.55. The Labute approximate surface area is 133 Å². The number of nitrogens with one attached hydrogen (secondary N) is 1. The maximum absolute atomic E-state index is 10.1. The molecule has 0 radical (unpaired) electrons.